The number of aliphatic hydroxyl groups is 1. The predicted molar refractivity (Wildman–Crippen MR) is 83.3 cm³/mol. The van der Waals surface area contributed by atoms with Gasteiger partial charge in [0.25, 0.3) is 0 Å². The fraction of sp³-hybridized carbons (Fsp3) is 0.167. The van der Waals surface area contributed by atoms with Crippen LogP contribution in [0.5, 0.6) is 5.75 Å². The molecule has 0 aliphatic heterocycles. The minimum atomic E-state index is -1.12. The molecule has 1 unspecified atom stereocenters. The third-order valence-electron chi connectivity index (χ3n) is 3.20. The minimum Gasteiger partial charge on any atom is -0.489 e. The van der Waals surface area contributed by atoms with E-state index in [2.05, 4.69) is 11.3 Å². The first kappa shape index (κ1) is 15.8. The van der Waals surface area contributed by atoms with Gasteiger partial charge in [0.15, 0.2) is 0 Å². The lowest BCUT2D eigenvalue weighted by molar-refractivity contribution is -0.137. The van der Waals surface area contributed by atoms with Gasteiger partial charge < -0.3 is 14.6 Å². The monoisotopic (exact) mass is 298 g/mol. The normalized spacial score (nSPS) is 11.5. The molecule has 2 rings (SSSR count). The molecule has 0 heterocycles. The number of carbonyl (C=O) groups excluding carboxylic acids is 1. The third kappa shape index (κ3) is 3.96. The first-order chi connectivity index (χ1) is 10.6. The molecule has 0 aliphatic rings. The van der Waals surface area contributed by atoms with Gasteiger partial charge in [-0.15, -0.1) is 0 Å². The molecule has 0 aliphatic carbocycles. The second-order valence-corrected chi connectivity index (χ2v) is 4.77. The first-order valence-electron chi connectivity index (χ1n) is 6.83. The Morgan fingerprint density at radius 1 is 1.18 bits per heavy atom. The Balaban J connectivity index is 2.06. The van der Waals surface area contributed by atoms with Crippen LogP contribution >= 0.6 is 0 Å². The lowest BCUT2D eigenvalue weighted by Crippen LogP contribution is -2.12. The minimum absolute atomic E-state index is 0.0114. The van der Waals surface area contributed by atoms with Crippen molar-refractivity contribution in [1.82, 2.24) is 0 Å². The summed E-state index contributed by atoms with van der Waals surface area (Å²) in [6.07, 6.45) is -1.12. The Bertz CT molecular complexity index is 649. The van der Waals surface area contributed by atoms with Gasteiger partial charge in [0.1, 0.15) is 18.5 Å². The van der Waals surface area contributed by atoms with E-state index in [9.17, 15) is 9.90 Å². The van der Waals surface area contributed by atoms with E-state index in [4.69, 9.17) is 4.74 Å². The zero-order valence-corrected chi connectivity index (χ0v) is 12.4. The van der Waals surface area contributed by atoms with E-state index in [1.165, 1.54) is 7.11 Å². The maximum absolute atomic E-state index is 11.4. The van der Waals surface area contributed by atoms with Crippen LogP contribution in [0.15, 0.2) is 66.7 Å². The van der Waals surface area contributed by atoms with Gasteiger partial charge in [0.05, 0.1) is 12.7 Å². The lowest BCUT2D eigenvalue weighted by atomic mass is 10.0. The van der Waals surface area contributed by atoms with Crippen molar-refractivity contribution in [2.75, 3.05) is 7.11 Å². The molecular formula is C18H18O4. The number of rotatable bonds is 6. The average molecular weight is 298 g/mol. The molecule has 0 radical (unpaired) electrons. The van der Waals surface area contributed by atoms with E-state index in [1.54, 1.807) is 24.3 Å². The summed E-state index contributed by atoms with van der Waals surface area (Å²) in [5.74, 6) is -0.0267. The van der Waals surface area contributed by atoms with E-state index >= 15 is 0 Å². The molecule has 22 heavy (non-hydrogen) atoms. The average Bonchev–Trinajstić information content (AvgIpc) is 2.59. The molecule has 114 valence electrons. The number of carbonyl (C=O) groups is 1. The summed E-state index contributed by atoms with van der Waals surface area (Å²) in [6.45, 7) is 3.99. The van der Waals surface area contributed by atoms with Crippen molar-refractivity contribution in [3.8, 4) is 5.75 Å². The van der Waals surface area contributed by atoms with Crippen LogP contribution in [-0.2, 0) is 16.1 Å². The van der Waals surface area contributed by atoms with Crippen molar-refractivity contribution >= 4 is 5.97 Å². The van der Waals surface area contributed by atoms with Crippen molar-refractivity contribution in [3.63, 3.8) is 0 Å². The van der Waals surface area contributed by atoms with Crippen LogP contribution < -0.4 is 4.74 Å². The molecule has 1 atom stereocenters. The van der Waals surface area contributed by atoms with Gasteiger partial charge in [0, 0.05) is 0 Å². The molecule has 0 saturated heterocycles. The Morgan fingerprint density at radius 2 is 1.91 bits per heavy atom. The zero-order chi connectivity index (χ0) is 15.9. The van der Waals surface area contributed by atoms with Crippen molar-refractivity contribution in [3.05, 3.63) is 77.9 Å². The molecule has 0 spiro atoms. The second kappa shape index (κ2) is 7.43. The van der Waals surface area contributed by atoms with Crippen LogP contribution in [0.25, 0.3) is 0 Å². The van der Waals surface area contributed by atoms with Gasteiger partial charge in [-0.2, -0.15) is 0 Å². The van der Waals surface area contributed by atoms with Crippen LogP contribution in [-0.4, -0.2) is 18.2 Å². The van der Waals surface area contributed by atoms with Gasteiger partial charge in [0.2, 0.25) is 0 Å². The van der Waals surface area contributed by atoms with Gasteiger partial charge in [-0.1, -0.05) is 49.0 Å². The highest BCUT2D eigenvalue weighted by Gasteiger charge is 2.19. The standard InChI is InChI=1S/C18H18O4/c1-13(18(20)21-2)17(19)15-9-6-10-16(11-15)22-12-14-7-4-3-5-8-14/h3-11,17,19H,1,12H2,2H3. The van der Waals surface area contributed by atoms with E-state index in [0.29, 0.717) is 17.9 Å². The summed E-state index contributed by atoms with van der Waals surface area (Å²) in [5, 5.41) is 10.1. The molecule has 0 amide bonds. The number of methoxy groups -OCH3 is 1. The molecule has 0 aromatic heterocycles. The Kier molecular flexibility index (Phi) is 5.33. The molecule has 0 fully saturated rings. The number of hydrogen-bond donors (Lipinski definition) is 1. The van der Waals surface area contributed by atoms with Gasteiger partial charge in [-0.05, 0) is 23.3 Å². The summed E-state index contributed by atoms with van der Waals surface area (Å²) >= 11 is 0. The Labute approximate surface area is 129 Å². The first-order valence-corrected chi connectivity index (χ1v) is 6.83. The maximum Gasteiger partial charge on any atom is 0.336 e. The van der Waals surface area contributed by atoms with E-state index in [-0.39, 0.29) is 5.57 Å². The third-order valence-corrected chi connectivity index (χ3v) is 3.20. The van der Waals surface area contributed by atoms with Crippen LogP contribution in [0.3, 0.4) is 0 Å². The summed E-state index contributed by atoms with van der Waals surface area (Å²) in [5.41, 5.74) is 1.57. The largest absolute Gasteiger partial charge is 0.489 e. The van der Waals surface area contributed by atoms with E-state index in [0.717, 1.165) is 5.56 Å². The molecule has 4 heteroatoms. The quantitative estimate of drug-likeness (QED) is 0.658. The van der Waals surface area contributed by atoms with E-state index in [1.807, 2.05) is 30.3 Å². The summed E-state index contributed by atoms with van der Waals surface area (Å²) in [7, 11) is 1.25. The van der Waals surface area contributed by atoms with Crippen LogP contribution in [0.2, 0.25) is 0 Å². The predicted octanol–water partition coefficient (Wildman–Crippen LogP) is 3.03. The Hall–Kier alpha value is -2.59. The summed E-state index contributed by atoms with van der Waals surface area (Å²) < 4.78 is 10.3. The lowest BCUT2D eigenvalue weighted by Gasteiger charge is -2.14. The summed E-state index contributed by atoms with van der Waals surface area (Å²) in [4.78, 5) is 11.4. The number of ether oxygens (including phenoxy) is 2. The fourth-order valence-electron chi connectivity index (χ4n) is 1.96. The van der Waals surface area contributed by atoms with Crippen LogP contribution in [0.1, 0.15) is 17.2 Å². The van der Waals surface area contributed by atoms with Crippen LogP contribution in [0, 0.1) is 0 Å². The molecule has 4 nitrogen and oxygen atoms in total. The zero-order valence-electron chi connectivity index (χ0n) is 12.4. The molecule has 1 N–H and O–H groups in total. The Morgan fingerprint density at radius 3 is 2.59 bits per heavy atom. The molecule has 2 aromatic rings. The maximum atomic E-state index is 11.4. The molecular weight excluding hydrogens is 280 g/mol. The van der Waals surface area contributed by atoms with Gasteiger partial charge in [-0.3, -0.25) is 0 Å². The fourth-order valence-corrected chi connectivity index (χ4v) is 1.96. The summed E-state index contributed by atoms with van der Waals surface area (Å²) in [6, 6.07) is 16.7. The highest BCUT2D eigenvalue weighted by atomic mass is 16.5. The van der Waals surface area contributed by atoms with Gasteiger partial charge >= 0.3 is 5.97 Å². The van der Waals surface area contributed by atoms with Crippen molar-refractivity contribution in [2.45, 2.75) is 12.7 Å². The highest BCUT2D eigenvalue weighted by molar-refractivity contribution is 5.88. The SMILES string of the molecule is C=C(C(=O)OC)C(O)c1cccc(OCc2ccccc2)c1. The van der Waals surface area contributed by atoms with Crippen molar-refractivity contribution in [2.24, 2.45) is 0 Å². The van der Waals surface area contributed by atoms with Gasteiger partial charge in [-0.25, -0.2) is 4.79 Å². The highest BCUT2D eigenvalue weighted by Crippen LogP contribution is 2.25. The van der Waals surface area contributed by atoms with Crippen LogP contribution in [0.4, 0.5) is 0 Å². The number of hydrogen-bond acceptors (Lipinski definition) is 4. The van der Waals surface area contributed by atoms with Crippen molar-refractivity contribution < 1.29 is 19.4 Å². The topological polar surface area (TPSA) is 55.8 Å². The molecule has 0 bridgehead atoms. The number of aliphatic hydroxyl groups excluding tert-OH is 1. The van der Waals surface area contributed by atoms with E-state index < -0.39 is 12.1 Å². The number of benzene rings is 2. The number of esters is 1. The molecule has 2 aromatic carbocycles. The smallest absolute Gasteiger partial charge is 0.336 e. The molecule has 0 saturated carbocycles. The van der Waals surface area contributed by atoms with Crippen molar-refractivity contribution in [1.29, 1.82) is 0 Å². The second-order valence-electron chi connectivity index (χ2n) is 4.77.